The standard InChI is InChI=1S/C16H21N3S/c1-3-7-17-10-14-11-20-16(18-14)13-4-5-15-12(9-13)6-8-19(15)2/h4-5,9,11,17H,3,6-8,10H2,1-2H3. The van der Waals surface area contributed by atoms with Gasteiger partial charge in [-0.25, -0.2) is 4.98 Å². The topological polar surface area (TPSA) is 28.2 Å². The van der Waals surface area contributed by atoms with Crippen LogP contribution in [0.15, 0.2) is 23.6 Å². The van der Waals surface area contributed by atoms with Crippen molar-refractivity contribution in [3.05, 3.63) is 34.8 Å². The number of anilines is 1. The highest BCUT2D eigenvalue weighted by Gasteiger charge is 2.16. The lowest BCUT2D eigenvalue weighted by Gasteiger charge is -2.11. The van der Waals surface area contributed by atoms with Crippen LogP contribution in [0.3, 0.4) is 0 Å². The summed E-state index contributed by atoms with van der Waals surface area (Å²) in [4.78, 5) is 7.06. The Morgan fingerprint density at radius 1 is 1.40 bits per heavy atom. The molecule has 4 heteroatoms. The van der Waals surface area contributed by atoms with Crippen LogP contribution in [-0.2, 0) is 13.0 Å². The summed E-state index contributed by atoms with van der Waals surface area (Å²) in [6.07, 6.45) is 2.31. The van der Waals surface area contributed by atoms with E-state index in [1.807, 2.05) is 0 Å². The zero-order chi connectivity index (χ0) is 13.9. The summed E-state index contributed by atoms with van der Waals surface area (Å²) in [5, 5.41) is 6.70. The van der Waals surface area contributed by atoms with Crippen LogP contribution in [0.4, 0.5) is 5.69 Å². The zero-order valence-electron chi connectivity index (χ0n) is 12.1. The summed E-state index contributed by atoms with van der Waals surface area (Å²) in [6.45, 7) is 5.24. The third-order valence-corrected chi connectivity index (χ3v) is 4.68. The fraction of sp³-hybridized carbons (Fsp3) is 0.438. The maximum Gasteiger partial charge on any atom is 0.123 e. The number of rotatable bonds is 5. The summed E-state index contributed by atoms with van der Waals surface area (Å²) in [7, 11) is 2.16. The van der Waals surface area contributed by atoms with Crippen LogP contribution in [0.5, 0.6) is 0 Å². The Bertz CT molecular complexity index is 591. The molecule has 3 nitrogen and oxygen atoms in total. The molecule has 0 spiro atoms. The molecule has 3 rings (SSSR count). The molecule has 0 aliphatic carbocycles. The van der Waals surface area contributed by atoms with Gasteiger partial charge in [0.25, 0.3) is 0 Å². The van der Waals surface area contributed by atoms with E-state index in [0.29, 0.717) is 0 Å². The van der Waals surface area contributed by atoms with Gasteiger partial charge in [0.1, 0.15) is 5.01 Å². The van der Waals surface area contributed by atoms with Crippen molar-refractivity contribution in [3.63, 3.8) is 0 Å². The van der Waals surface area contributed by atoms with Gasteiger partial charge in [0.2, 0.25) is 0 Å². The molecule has 1 aliphatic heterocycles. The summed E-state index contributed by atoms with van der Waals surface area (Å²) in [5.41, 5.74) is 5.22. The summed E-state index contributed by atoms with van der Waals surface area (Å²) >= 11 is 1.74. The molecule has 1 aliphatic rings. The lowest BCUT2D eigenvalue weighted by Crippen LogP contribution is -2.13. The quantitative estimate of drug-likeness (QED) is 0.855. The van der Waals surface area contributed by atoms with Crippen molar-refractivity contribution in [2.24, 2.45) is 0 Å². The average Bonchev–Trinajstić information content (AvgIpc) is 3.07. The number of nitrogens with zero attached hydrogens (tertiary/aromatic N) is 2. The Morgan fingerprint density at radius 2 is 2.30 bits per heavy atom. The molecule has 1 N–H and O–H groups in total. The third-order valence-electron chi connectivity index (χ3n) is 3.74. The smallest absolute Gasteiger partial charge is 0.123 e. The van der Waals surface area contributed by atoms with Crippen LogP contribution in [0, 0.1) is 0 Å². The maximum absolute atomic E-state index is 4.74. The Kier molecular flexibility index (Phi) is 4.03. The van der Waals surface area contributed by atoms with Gasteiger partial charge in [-0.2, -0.15) is 0 Å². The molecule has 0 unspecified atom stereocenters. The molecule has 106 valence electrons. The fourth-order valence-corrected chi connectivity index (χ4v) is 3.43. The van der Waals surface area contributed by atoms with Gasteiger partial charge < -0.3 is 10.2 Å². The van der Waals surface area contributed by atoms with Crippen LogP contribution >= 0.6 is 11.3 Å². The second-order valence-electron chi connectivity index (χ2n) is 5.34. The van der Waals surface area contributed by atoms with Crippen LogP contribution in [-0.4, -0.2) is 25.1 Å². The van der Waals surface area contributed by atoms with Gasteiger partial charge in [0.05, 0.1) is 5.69 Å². The summed E-state index contributed by atoms with van der Waals surface area (Å²) < 4.78 is 0. The van der Waals surface area contributed by atoms with Gasteiger partial charge in [0, 0.05) is 36.8 Å². The number of aromatic nitrogens is 1. The first-order valence-electron chi connectivity index (χ1n) is 7.27. The molecular formula is C16H21N3S. The molecule has 0 saturated carbocycles. The van der Waals surface area contributed by atoms with E-state index in [1.54, 1.807) is 11.3 Å². The molecular weight excluding hydrogens is 266 g/mol. The van der Waals surface area contributed by atoms with Crippen molar-refractivity contribution in [2.45, 2.75) is 26.3 Å². The molecule has 0 saturated heterocycles. The molecule has 0 fully saturated rings. The number of likely N-dealkylation sites (N-methyl/N-ethyl adjacent to an activating group) is 1. The van der Waals surface area contributed by atoms with Gasteiger partial charge in [-0.3, -0.25) is 0 Å². The minimum absolute atomic E-state index is 0.873. The van der Waals surface area contributed by atoms with Gasteiger partial charge >= 0.3 is 0 Å². The number of fused-ring (bicyclic) bond motifs is 1. The van der Waals surface area contributed by atoms with Crippen molar-refractivity contribution in [3.8, 4) is 10.6 Å². The van der Waals surface area contributed by atoms with Crippen molar-refractivity contribution in [1.29, 1.82) is 0 Å². The van der Waals surface area contributed by atoms with E-state index in [-0.39, 0.29) is 0 Å². The molecule has 1 aromatic carbocycles. The van der Waals surface area contributed by atoms with Gasteiger partial charge in [-0.15, -0.1) is 11.3 Å². The summed E-state index contributed by atoms with van der Waals surface area (Å²) in [5.74, 6) is 0. The number of nitrogens with one attached hydrogen (secondary N) is 1. The highest BCUT2D eigenvalue weighted by molar-refractivity contribution is 7.13. The van der Waals surface area contributed by atoms with E-state index in [4.69, 9.17) is 4.98 Å². The minimum atomic E-state index is 0.873. The second kappa shape index (κ2) is 5.94. The molecule has 2 aromatic rings. The van der Waals surface area contributed by atoms with Crippen LogP contribution < -0.4 is 10.2 Å². The van der Waals surface area contributed by atoms with E-state index in [0.717, 1.165) is 43.2 Å². The first-order valence-corrected chi connectivity index (χ1v) is 8.15. The van der Waals surface area contributed by atoms with Crippen molar-refractivity contribution in [1.82, 2.24) is 10.3 Å². The molecule has 0 radical (unpaired) electrons. The van der Waals surface area contributed by atoms with E-state index in [1.165, 1.54) is 16.8 Å². The molecule has 0 bridgehead atoms. The third kappa shape index (κ3) is 2.72. The van der Waals surface area contributed by atoms with E-state index < -0.39 is 0 Å². The fourth-order valence-electron chi connectivity index (χ4n) is 2.61. The predicted molar refractivity (Wildman–Crippen MR) is 86.5 cm³/mol. The van der Waals surface area contributed by atoms with E-state index in [2.05, 4.69) is 47.8 Å². The SMILES string of the molecule is CCCNCc1csc(-c2ccc3c(c2)CCN3C)n1. The number of benzene rings is 1. The largest absolute Gasteiger partial charge is 0.374 e. The van der Waals surface area contributed by atoms with Gasteiger partial charge in [-0.1, -0.05) is 6.92 Å². The first-order chi connectivity index (χ1) is 9.78. The second-order valence-corrected chi connectivity index (χ2v) is 6.19. The minimum Gasteiger partial charge on any atom is -0.374 e. The van der Waals surface area contributed by atoms with Gasteiger partial charge in [0.15, 0.2) is 0 Å². The first kappa shape index (κ1) is 13.6. The number of thiazole rings is 1. The average molecular weight is 287 g/mol. The number of hydrogen-bond donors (Lipinski definition) is 1. The molecule has 0 atom stereocenters. The van der Waals surface area contributed by atoms with E-state index in [9.17, 15) is 0 Å². The normalized spacial score (nSPS) is 13.8. The van der Waals surface area contributed by atoms with Gasteiger partial charge in [-0.05, 0) is 43.1 Å². The van der Waals surface area contributed by atoms with Crippen molar-refractivity contribution >= 4 is 17.0 Å². The Morgan fingerprint density at radius 3 is 3.15 bits per heavy atom. The maximum atomic E-state index is 4.74. The Hall–Kier alpha value is -1.39. The van der Waals surface area contributed by atoms with Crippen molar-refractivity contribution in [2.75, 3.05) is 25.0 Å². The zero-order valence-corrected chi connectivity index (χ0v) is 13.0. The predicted octanol–water partition coefficient (Wildman–Crippen LogP) is 3.30. The van der Waals surface area contributed by atoms with E-state index >= 15 is 0 Å². The molecule has 20 heavy (non-hydrogen) atoms. The van der Waals surface area contributed by atoms with Crippen LogP contribution in [0.25, 0.3) is 10.6 Å². The lowest BCUT2D eigenvalue weighted by atomic mass is 10.1. The highest BCUT2D eigenvalue weighted by atomic mass is 32.1. The van der Waals surface area contributed by atoms with Crippen LogP contribution in [0.2, 0.25) is 0 Å². The molecule has 0 amide bonds. The number of hydrogen-bond acceptors (Lipinski definition) is 4. The Balaban J connectivity index is 1.76. The van der Waals surface area contributed by atoms with Crippen molar-refractivity contribution < 1.29 is 0 Å². The lowest BCUT2D eigenvalue weighted by molar-refractivity contribution is 0.667. The summed E-state index contributed by atoms with van der Waals surface area (Å²) in [6, 6.07) is 6.73. The molecule has 2 heterocycles. The van der Waals surface area contributed by atoms with Crippen LogP contribution in [0.1, 0.15) is 24.6 Å². The molecule has 1 aromatic heterocycles. The Labute approximate surface area is 124 Å². The monoisotopic (exact) mass is 287 g/mol. The highest BCUT2D eigenvalue weighted by Crippen LogP contribution is 2.32.